The number of ether oxygens (including phenoxy) is 1. The van der Waals surface area contributed by atoms with Crippen molar-refractivity contribution >= 4 is 15.9 Å². The van der Waals surface area contributed by atoms with E-state index < -0.39 is 27.0 Å². The molecule has 0 radical (unpaired) electrons. The zero-order chi connectivity index (χ0) is 20.4. The number of piperazine rings is 1. The summed E-state index contributed by atoms with van der Waals surface area (Å²) < 4.78 is 68.4. The molecule has 2 fully saturated rings. The number of amides is 1. The van der Waals surface area contributed by atoms with Crippen molar-refractivity contribution in [1.82, 2.24) is 9.21 Å². The number of rotatable bonds is 5. The van der Waals surface area contributed by atoms with Crippen LogP contribution >= 0.6 is 0 Å². The van der Waals surface area contributed by atoms with Gasteiger partial charge < -0.3 is 9.64 Å². The summed E-state index contributed by atoms with van der Waals surface area (Å²) in [7, 11) is -4.17. The van der Waals surface area contributed by atoms with Crippen molar-refractivity contribution in [2.45, 2.75) is 43.4 Å². The van der Waals surface area contributed by atoms with E-state index in [4.69, 9.17) is 0 Å². The number of carbonyl (C=O) groups excluding carboxylic acids is 1. The molecule has 1 aromatic rings. The number of halogens is 3. The van der Waals surface area contributed by atoms with Crippen LogP contribution in [-0.2, 0) is 14.8 Å². The number of hydrogen-bond acceptors (Lipinski definition) is 4. The molecular formula is C18H23F3N2O4S. The molecule has 0 atom stereocenters. The summed E-state index contributed by atoms with van der Waals surface area (Å²) in [6.45, 7) is 0.540. The average molecular weight is 420 g/mol. The first-order valence-corrected chi connectivity index (χ1v) is 10.7. The molecule has 28 heavy (non-hydrogen) atoms. The zero-order valence-corrected chi connectivity index (χ0v) is 16.1. The van der Waals surface area contributed by atoms with Gasteiger partial charge in [0.1, 0.15) is 10.6 Å². The number of alkyl halides is 3. The van der Waals surface area contributed by atoms with Gasteiger partial charge >= 0.3 is 6.36 Å². The fourth-order valence-corrected chi connectivity index (χ4v) is 5.32. The van der Waals surface area contributed by atoms with Crippen molar-refractivity contribution < 1.29 is 31.1 Å². The third-order valence-electron chi connectivity index (χ3n) is 5.22. The van der Waals surface area contributed by atoms with E-state index in [-0.39, 0.29) is 32.1 Å². The highest BCUT2D eigenvalue weighted by molar-refractivity contribution is 7.89. The van der Waals surface area contributed by atoms with Gasteiger partial charge in [-0.05, 0) is 30.9 Å². The number of nitrogens with zero attached hydrogens (tertiary/aromatic N) is 2. The van der Waals surface area contributed by atoms with Crippen LogP contribution in [0.3, 0.4) is 0 Å². The Morgan fingerprint density at radius 1 is 1.07 bits per heavy atom. The summed E-state index contributed by atoms with van der Waals surface area (Å²) in [6, 6.07) is 4.69. The van der Waals surface area contributed by atoms with Crippen LogP contribution in [0.15, 0.2) is 29.2 Å². The summed E-state index contributed by atoms with van der Waals surface area (Å²) in [6.07, 6.45) is -0.120. The number of sulfonamides is 1. The second-order valence-electron chi connectivity index (χ2n) is 7.13. The third-order valence-corrected chi connectivity index (χ3v) is 7.16. The number of benzene rings is 1. The van der Waals surface area contributed by atoms with E-state index in [1.165, 1.54) is 12.1 Å². The molecule has 0 unspecified atom stereocenters. The molecule has 1 aromatic carbocycles. The van der Waals surface area contributed by atoms with Gasteiger partial charge in [0, 0.05) is 32.6 Å². The van der Waals surface area contributed by atoms with Crippen LogP contribution in [0.1, 0.15) is 32.1 Å². The van der Waals surface area contributed by atoms with Gasteiger partial charge in [-0.2, -0.15) is 4.31 Å². The van der Waals surface area contributed by atoms with E-state index in [2.05, 4.69) is 4.74 Å². The van der Waals surface area contributed by atoms with Crippen molar-refractivity contribution in [3.8, 4) is 5.75 Å². The summed E-state index contributed by atoms with van der Waals surface area (Å²) in [4.78, 5) is 13.5. The third kappa shape index (κ3) is 4.96. The highest BCUT2D eigenvalue weighted by atomic mass is 32.2. The average Bonchev–Trinajstić information content (AvgIpc) is 3.14. The lowest BCUT2D eigenvalue weighted by molar-refractivity contribution is -0.275. The Hall–Kier alpha value is -1.81. The quantitative estimate of drug-likeness (QED) is 0.735. The SMILES string of the molecule is O=C(CC1CCCC1)N1CCN(S(=O)(=O)c2ccccc2OC(F)(F)F)CC1. The Balaban J connectivity index is 1.66. The smallest absolute Gasteiger partial charge is 0.404 e. The van der Waals surface area contributed by atoms with Crippen molar-refractivity contribution in [2.24, 2.45) is 5.92 Å². The molecule has 1 aliphatic carbocycles. The maximum Gasteiger partial charge on any atom is 0.573 e. The van der Waals surface area contributed by atoms with Gasteiger partial charge in [-0.3, -0.25) is 4.79 Å². The molecule has 10 heteroatoms. The molecule has 1 aliphatic heterocycles. The minimum atomic E-state index is -4.99. The van der Waals surface area contributed by atoms with Gasteiger partial charge in [-0.25, -0.2) is 8.42 Å². The summed E-state index contributed by atoms with van der Waals surface area (Å²) in [5, 5.41) is 0. The predicted octanol–water partition coefficient (Wildman–Crippen LogP) is 3.00. The van der Waals surface area contributed by atoms with Gasteiger partial charge in [0.15, 0.2) is 0 Å². The first-order chi connectivity index (χ1) is 13.2. The van der Waals surface area contributed by atoms with Crippen molar-refractivity contribution in [1.29, 1.82) is 0 Å². The molecular weight excluding hydrogens is 397 g/mol. The summed E-state index contributed by atoms with van der Waals surface area (Å²) in [5.74, 6) is -0.333. The fraction of sp³-hybridized carbons (Fsp3) is 0.611. The molecule has 1 amide bonds. The summed E-state index contributed by atoms with van der Waals surface area (Å²) in [5.41, 5.74) is 0. The van der Waals surface area contributed by atoms with Crippen LogP contribution in [0, 0.1) is 5.92 Å². The molecule has 156 valence electrons. The van der Waals surface area contributed by atoms with Gasteiger partial charge in [0.05, 0.1) is 0 Å². The van der Waals surface area contributed by atoms with Crippen LogP contribution in [0.4, 0.5) is 13.2 Å². The maximum atomic E-state index is 12.8. The van der Waals surface area contributed by atoms with E-state index >= 15 is 0 Å². The molecule has 3 rings (SSSR count). The number of para-hydroxylation sites is 1. The monoisotopic (exact) mass is 420 g/mol. The molecule has 0 bridgehead atoms. The highest BCUT2D eigenvalue weighted by Gasteiger charge is 2.37. The molecule has 0 spiro atoms. The van der Waals surface area contributed by atoms with Gasteiger partial charge in [0.25, 0.3) is 0 Å². The van der Waals surface area contributed by atoms with Crippen LogP contribution in [-0.4, -0.2) is 56.1 Å². The number of hydrogen-bond donors (Lipinski definition) is 0. The molecule has 0 N–H and O–H groups in total. The van der Waals surface area contributed by atoms with E-state index in [0.717, 1.165) is 42.1 Å². The summed E-state index contributed by atoms with van der Waals surface area (Å²) >= 11 is 0. The standard InChI is InChI=1S/C18H23F3N2O4S/c19-18(20,21)27-15-7-3-4-8-16(15)28(25,26)23-11-9-22(10-12-23)17(24)13-14-5-1-2-6-14/h3-4,7-8,14H,1-2,5-6,9-13H2. The van der Waals surface area contributed by atoms with Crippen LogP contribution in [0.5, 0.6) is 5.75 Å². The maximum absolute atomic E-state index is 12.8. The topological polar surface area (TPSA) is 66.9 Å². The molecule has 1 saturated carbocycles. The second-order valence-corrected chi connectivity index (χ2v) is 9.04. The molecule has 0 aromatic heterocycles. The molecule has 6 nitrogen and oxygen atoms in total. The Morgan fingerprint density at radius 2 is 1.68 bits per heavy atom. The van der Waals surface area contributed by atoms with Crippen molar-refractivity contribution in [3.63, 3.8) is 0 Å². The van der Waals surface area contributed by atoms with Crippen molar-refractivity contribution in [3.05, 3.63) is 24.3 Å². The lowest BCUT2D eigenvalue weighted by atomic mass is 10.0. The Morgan fingerprint density at radius 3 is 2.29 bits per heavy atom. The molecule has 1 saturated heterocycles. The van der Waals surface area contributed by atoms with E-state index in [9.17, 15) is 26.4 Å². The molecule has 2 aliphatic rings. The molecule has 1 heterocycles. The largest absolute Gasteiger partial charge is 0.573 e. The Labute approximate surface area is 162 Å². The Kier molecular flexibility index (Phi) is 6.18. The predicted molar refractivity (Wildman–Crippen MR) is 95.0 cm³/mol. The number of carbonyl (C=O) groups is 1. The Bertz CT molecular complexity index is 799. The normalized spacial score (nSPS) is 19.8. The van der Waals surface area contributed by atoms with Crippen molar-refractivity contribution in [2.75, 3.05) is 26.2 Å². The second kappa shape index (κ2) is 8.28. The van der Waals surface area contributed by atoms with E-state index in [1.54, 1.807) is 4.90 Å². The first-order valence-electron chi connectivity index (χ1n) is 9.29. The minimum Gasteiger partial charge on any atom is -0.404 e. The lowest BCUT2D eigenvalue weighted by Gasteiger charge is -2.34. The highest BCUT2D eigenvalue weighted by Crippen LogP contribution is 2.32. The first kappa shape index (κ1) is 20.9. The van der Waals surface area contributed by atoms with Crippen LogP contribution in [0.2, 0.25) is 0 Å². The van der Waals surface area contributed by atoms with Crippen LogP contribution < -0.4 is 4.74 Å². The van der Waals surface area contributed by atoms with Crippen LogP contribution in [0.25, 0.3) is 0 Å². The fourth-order valence-electron chi connectivity index (χ4n) is 3.78. The zero-order valence-electron chi connectivity index (χ0n) is 15.3. The van der Waals surface area contributed by atoms with E-state index in [1.807, 2.05) is 0 Å². The minimum absolute atomic E-state index is 0.0183. The van der Waals surface area contributed by atoms with E-state index in [0.29, 0.717) is 12.3 Å². The van der Waals surface area contributed by atoms with Gasteiger partial charge in [-0.15, -0.1) is 13.2 Å². The lowest BCUT2D eigenvalue weighted by Crippen LogP contribution is -2.50. The van der Waals surface area contributed by atoms with Gasteiger partial charge in [-0.1, -0.05) is 25.0 Å². The van der Waals surface area contributed by atoms with Gasteiger partial charge in [0.2, 0.25) is 15.9 Å².